The lowest BCUT2D eigenvalue weighted by Gasteiger charge is -2.48. The Morgan fingerprint density at radius 3 is 1.79 bits per heavy atom. The Hall–Kier alpha value is -3.68. The number of methoxy groups -OCH3 is 2. The lowest BCUT2D eigenvalue weighted by Crippen LogP contribution is -2.58. The average Bonchev–Trinajstić information content (AvgIpc) is 3.74. The molecule has 3 N–H and O–H groups in total. The van der Waals surface area contributed by atoms with E-state index < -0.39 is 10.3 Å². The van der Waals surface area contributed by atoms with Gasteiger partial charge in [-0.15, -0.1) is 12.4 Å². The quantitative estimate of drug-likeness (QED) is 0.0818. The number of rotatable bonds is 11. The summed E-state index contributed by atoms with van der Waals surface area (Å²) in [6.07, 6.45) is 16.6. The zero-order valence-electron chi connectivity index (χ0n) is 46.6. The minimum absolute atomic E-state index is 0. The van der Waals surface area contributed by atoms with Crippen molar-refractivity contribution in [2.45, 2.75) is 141 Å². The van der Waals surface area contributed by atoms with Crippen LogP contribution in [0.25, 0.3) is 0 Å². The Balaban J connectivity index is 0.000000212. The van der Waals surface area contributed by atoms with Crippen LogP contribution in [0.5, 0.6) is 0 Å². The number of fused-ring (bicyclic) bond motifs is 4. The number of thioether (sulfide) groups is 1. The van der Waals surface area contributed by atoms with Crippen LogP contribution in [-0.2, 0) is 64.8 Å². The number of nitriles is 1. The van der Waals surface area contributed by atoms with Gasteiger partial charge in [0.05, 0.1) is 31.9 Å². The number of nitrogens with zero attached hydrogens (tertiary/aromatic N) is 7. The third-order valence-electron chi connectivity index (χ3n) is 16.4. The molecule has 4 heterocycles. The summed E-state index contributed by atoms with van der Waals surface area (Å²) in [5.74, 6) is 1.65. The van der Waals surface area contributed by atoms with E-state index in [0.29, 0.717) is 41.7 Å². The highest BCUT2D eigenvalue weighted by molar-refractivity contribution is 9.10. The molecule has 15 nitrogen and oxygen atoms in total. The molecule has 2 aliphatic heterocycles. The molecule has 1 unspecified atom stereocenters. The zero-order chi connectivity index (χ0) is 55.8. The van der Waals surface area contributed by atoms with Gasteiger partial charge in [-0.05, 0) is 185 Å². The number of esters is 1. The topological polar surface area (TPSA) is 191 Å². The number of benzene rings is 2. The van der Waals surface area contributed by atoms with Gasteiger partial charge < -0.3 is 34.9 Å². The summed E-state index contributed by atoms with van der Waals surface area (Å²) in [6.45, 7) is 19.3. The number of thiocyanates is 1. The third-order valence-corrected chi connectivity index (χ3v) is 18.9. The van der Waals surface area contributed by atoms with Crippen molar-refractivity contribution in [1.29, 1.82) is 5.26 Å². The molecule has 426 valence electrons. The zero-order valence-corrected chi connectivity index (χ0v) is 52.2. The summed E-state index contributed by atoms with van der Waals surface area (Å²) in [5, 5.41) is 15.9. The van der Waals surface area contributed by atoms with E-state index in [1.54, 1.807) is 56.0 Å². The van der Waals surface area contributed by atoms with Crippen molar-refractivity contribution in [3.63, 3.8) is 0 Å². The largest absolute Gasteiger partial charge is 0.465 e. The van der Waals surface area contributed by atoms with Gasteiger partial charge in [-0.3, -0.25) is 14.5 Å². The summed E-state index contributed by atoms with van der Waals surface area (Å²) < 4.78 is 22.8. The minimum atomic E-state index is -0.982. The van der Waals surface area contributed by atoms with Gasteiger partial charge in [0.25, 0.3) is 5.91 Å². The highest BCUT2D eigenvalue weighted by Crippen LogP contribution is 2.66. The molecule has 10 rings (SSSR count). The number of thiocarbonyl (C=S) groups is 1. The number of hydrogen-bond acceptors (Lipinski definition) is 15. The predicted molar refractivity (Wildman–Crippen MR) is 320 cm³/mol. The maximum absolute atomic E-state index is 14.2. The Labute approximate surface area is 495 Å². The van der Waals surface area contributed by atoms with Gasteiger partial charge in [0, 0.05) is 72.0 Å². The van der Waals surface area contributed by atoms with Crippen molar-refractivity contribution in [3.8, 4) is 5.40 Å². The molecule has 8 atom stereocenters. The Kier molecular flexibility index (Phi) is 25.4. The number of nitrogens with two attached hydrogens (primary N) is 1. The van der Waals surface area contributed by atoms with Crippen LogP contribution < -0.4 is 11.1 Å². The van der Waals surface area contributed by atoms with E-state index in [-0.39, 0.29) is 53.9 Å². The number of ether oxygens (including phenoxy) is 4. The van der Waals surface area contributed by atoms with Gasteiger partial charge in [-0.25, -0.2) is 19.9 Å². The predicted octanol–water partition coefficient (Wildman–Crippen LogP) is 11.0. The summed E-state index contributed by atoms with van der Waals surface area (Å²) in [7, 11) is 3.54. The Morgan fingerprint density at radius 1 is 0.846 bits per heavy atom. The van der Waals surface area contributed by atoms with E-state index in [1.807, 2.05) is 19.1 Å². The molecule has 4 aromatic rings. The van der Waals surface area contributed by atoms with Gasteiger partial charge in [0.15, 0.2) is 15.4 Å². The van der Waals surface area contributed by atoms with Crippen molar-refractivity contribution in [1.82, 2.24) is 35.1 Å². The second-order valence-corrected chi connectivity index (χ2v) is 23.9. The van der Waals surface area contributed by atoms with Crippen molar-refractivity contribution in [3.05, 3.63) is 116 Å². The number of nitrogens with one attached hydrogen (secondary N) is 1. The van der Waals surface area contributed by atoms with Crippen LogP contribution in [0.1, 0.15) is 127 Å². The molecule has 4 aliphatic carbocycles. The SMILES string of the molecule is C1CCOC1.CCN(CC)CC.CCOC(=O)C1(SC#N)c2cc(Br)ccc2C[C@@]12CC[C@H](OC)[C@@H](C)C2.CO[C@H]1CC[C@@]2(Cc3ccc(Br)cc3[C@]23NC(=S)N(Cc2ncccn2)C3=O)C[C@@H]1C.Cl.NCc1ncccn1. The second kappa shape index (κ2) is 30.4. The average molecular weight is 1260 g/mol. The monoisotopic (exact) mass is 1260 g/mol. The number of carbonyl (C=O) groups excluding carboxylic acids is 2. The molecular weight excluding hydrogens is 1180 g/mol. The van der Waals surface area contributed by atoms with Gasteiger partial charge in [0.2, 0.25) is 0 Å². The summed E-state index contributed by atoms with van der Waals surface area (Å²) >= 11 is 13.9. The molecule has 78 heavy (non-hydrogen) atoms. The summed E-state index contributed by atoms with van der Waals surface area (Å²) in [6, 6.07) is 15.9. The molecule has 3 spiro atoms. The van der Waals surface area contributed by atoms with E-state index in [2.05, 4.69) is 126 Å². The summed E-state index contributed by atoms with van der Waals surface area (Å²) in [4.78, 5) is 47.9. The third kappa shape index (κ3) is 14.1. The first kappa shape index (κ1) is 65.1. The number of amides is 1. The van der Waals surface area contributed by atoms with E-state index in [4.69, 9.17) is 36.9 Å². The highest BCUT2D eigenvalue weighted by atomic mass is 79.9. The molecule has 2 aromatic carbocycles. The molecule has 20 heteroatoms. The summed E-state index contributed by atoms with van der Waals surface area (Å²) in [5.41, 5.74) is 8.11. The maximum atomic E-state index is 14.2. The van der Waals surface area contributed by atoms with Crippen molar-refractivity contribution in [2.75, 3.05) is 53.7 Å². The van der Waals surface area contributed by atoms with Crippen LogP contribution in [-0.4, -0.2) is 113 Å². The highest BCUT2D eigenvalue weighted by Gasteiger charge is 2.68. The molecule has 6 aliphatic rings. The number of hydrogen-bond donors (Lipinski definition) is 2. The maximum Gasteiger partial charge on any atom is 0.328 e. The molecule has 0 radical (unpaired) electrons. The molecule has 2 saturated carbocycles. The Morgan fingerprint density at radius 2 is 1.35 bits per heavy atom. The Bertz CT molecular complexity index is 2610. The molecule has 2 saturated heterocycles. The molecular formula is C58H80Br2ClN9O6S2. The number of aromatic nitrogens is 4. The van der Waals surface area contributed by atoms with Crippen molar-refractivity contribution in [2.24, 2.45) is 28.4 Å². The van der Waals surface area contributed by atoms with Crippen molar-refractivity contribution >= 4 is 85.2 Å². The van der Waals surface area contributed by atoms with E-state index in [1.165, 1.54) is 38.0 Å². The first-order valence-electron chi connectivity index (χ1n) is 27.2. The standard InChI is InChI=1S/C23H25BrN4O2S.C20H24BrNO3S.C6H15N.C5H7N3.C4H8O.ClH/c1-14-11-22(7-6-18(14)30-2)12-15-4-5-16(24)10-17(15)23(22)20(29)28(21(31)27-23)13-19-25-8-3-9-26-19;1-4-25-18(23)20(26-12-22)16-9-15(21)6-5-14(16)11-19(20)8-7-17(24-3)13(2)10-19;1-4-7(5-2)6-3;6-4-5-7-2-1-3-8-5;1-2-4-5-3-1;/h3-5,8-10,14,18H,6-7,11-13H2,1-2H3,(H,27,31);5-6,9,13,17H,4,7-8,10-11H2,1-3H3;4-6H2,1-3H3;1-3H,4,6H2;1-4H2;1H/t14-,18-,22-,23+;13-,17-,19-,20?;;;;/m00..../s1. The minimum Gasteiger partial charge on any atom is -0.465 e. The van der Waals surface area contributed by atoms with Crippen LogP contribution in [0.15, 0.2) is 82.3 Å². The molecule has 4 fully saturated rings. The smallest absolute Gasteiger partial charge is 0.328 e. The van der Waals surface area contributed by atoms with E-state index in [9.17, 15) is 14.9 Å². The normalized spacial score (nSPS) is 27.1. The molecule has 0 bridgehead atoms. The molecule has 2 aromatic heterocycles. The van der Waals surface area contributed by atoms with Gasteiger partial charge in [-0.1, -0.05) is 78.6 Å². The fourth-order valence-electron chi connectivity index (χ4n) is 12.7. The first-order chi connectivity index (χ1) is 37.1. The van der Waals surface area contributed by atoms with Gasteiger partial charge in [0.1, 0.15) is 17.1 Å². The fraction of sp³-hybridized carbons (Fsp3) is 0.586. The van der Waals surface area contributed by atoms with Crippen molar-refractivity contribution < 1.29 is 28.5 Å². The fourth-order valence-corrected chi connectivity index (χ4v) is 14.8. The van der Waals surface area contributed by atoms with E-state index >= 15 is 0 Å². The molecule has 1 amide bonds. The van der Waals surface area contributed by atoms with Gasteiger partial charge >= 0.3 is 5.97 Å². The lowest BCUT2D eigenvalue weighted by atomic mass is 9.59. The lowest BCUT2D eigenvalue weighted by molar-refractivity contribution is -0.152. The van der Waals surface area contributed by atoms with E-state index in [0.717, 1.165) is 102 Å². The van der Waals surface area contributed by atoms with Crippen LogP contribution in [0.3, 0.4) is 0 Å². The number of halogens is 3. The second-order valence-electron chi connectivity index (χ2n) is 20.6. The first-order valence-corrected chi connectivity index (χ1v) is 30.0. The van der Waals surface area contributed by atoms with Gasteiger partial charge in [-0.2, -0.15) is 5.26 Å². The van der Waals surface area contributed by atoms with Crippen LogP contribution >= 0.6 is 68.2 Å². The number of carbonyl (C=O) groups is 2. The van der Waals surface area contributed by atoms with Crippen LogP contribution in [0.2, 0.25) is 0 Å². The van der Waals surface area contributed by atoms with Crippen LogP contribution in [0.4, 0.5) is 0 Å². The van der Waals surface area contributed by atoms with Crippen LogP contribution in [0, 0.1) is 33.3 Å².